The summed E-state index contributed by atoms with van der Waals surface area (Å²) < 4.78 is 0. The molecule has 4 heterocycles. The van der Waals surface area contributed by atoms with Gasteiger partial charge in [0, 0.05) is 80.4 Å². The highest BCUT2D eigenvalue weighted by atomic mass is 16.3. The van der Waals surface area contributed by atoms with Crippen LogP contribution in [0, 0.1) is 13.8 Å². The number of pyridine rings is 2. The van der Waals surface area contributed by atoms with E-state index in [0.29, 0.717) is 18.3 Å². The Morgan fingerprint density at radius 3 is 2.10 bits per heavy atom. The van der Waals surface area contributed by atoms with E-state index in [1.807, 2.05) is 66.3 Å². The summed E-state index contributed by atoms with van der Waals surface area (Å²) in [6, 6.07) is 16.6. The number of nitrogens with zero attached hydrogens (tertiary/aromatic N) is 8. The number of amidine groups is 1. The third-order valence-corrected chi connectivity index (χ3v) is 8.00. The SMILES string of the molecule is Cc1cc(N(C)C)c2cc(C3=NC(c4ccc5nc(C)cc(N(C)C)c5c4)N(N)C(N4CCCC(O)C4)=N3)ccc2n1. The maximum absolute atomic E-state index is 10.5. The molecule has 0 spiro atoms. The van der Waals surface area contributed by atoms with Crippen molar-refractivity contribution in [3.8, 4) is 0 Å². The quantitative estimate of drug-likeness (QED) is 0.358. The molecule has 0 bridgehead atoms. The Morgan fingerprint density at radius 2 is 1.48 bits per heavy atom. The predicted octanol–water partition coefficient (Wildman–Crippen LogP) is 3.98. The molecule has 3 N–H and O–H groups in total. The lowest BCUT2D eigenvalue weighted by Gasteiger charge is -2.40. The number of benzene rings is 2. The molecule has 2 atom stereocenters. The van der Waals surface area contributed by atoms with Gasteiger partial charge < -0.3 is 19.8 Å². The molecule has 2 aromatic carbocycles. The lowest BCUT2D eigenvalue weighted by molar-refractivity contribution is 0.0934. The van der Waals surface area contributed by atoms with Crippen LogP contribution in [0.15, 0.2) is 58.5 Å². The Morgan fingerprint density at radius 1 is 0.857 bits per heavy atom. The summed E-state index contributed by atoms with van der Waals surface area (Å²) in [5.74, 6) is 8.04. The van der Waals surface area contributed by atoms with Crippen molar-refractivity contribution in [2.45, 2.75) is 39.0 Å². The van der Waals surface area contributed by atoms with Crippen LogP contribution < -0.4 is 15.6 Å². The first kappa shape index (κ1) is 27.9. The van der Waals surface area contributed by atoms with E-state index in [2.05, 4.69) is 39.0 Å². The second-order valence-corrected chi connectivity index (χ2v) is 11.8. The average molecular weight is 566 g/mol. The number of β-amino-alcohol motifs (C(OH)–C–C–N with tert-alkyl or cyclic N) is 1. The summed E-state index contributed by atoms with van der Waals surface area (Å²) in [6.07, 6.45) is 0.692. The van der Waals surface area contributed by atoms with Gasteiger partial charge in [0.05, 0.1) is 17.1 Å². The third-order valence-electron chi connectivity index (χ3n) is 8.00. The van der Waals surface area contributed by atoms with E-state index in [1.165, 1.54) is 0 Å². The van der Waals surface area contributed by atoms with Crippen molar-refractivity contribution in [2.24, 2.45) is 15.8 Å². The molecule has 218 valence electrons. The van der Waals surface area contributed by atoms with Gasteiger partial charge in [-0.15, -0.1) is 0 Å². The van der Waals surface area contributed by atoms with Crippen molar-refractivity contribution in [1.82, 2.24) is 19.9 Å². The van der Waals surface area contributed by atoms with Crippen molar-refractivity contribution in [3.63, 3.8) is 0 Å². The number of aliphatic hydroxyl groups excluding tert-OH is 1. The number of piperidine rings is 1. The van der Waals surface area contributed by atoms with E-state index in [1.54, 1.807) is 5.01 Å². The van der Waals surface area contributed by atoms with Gasteiger partial charge >= 0.3 is 0 Å². The van der Waals surface area contributed by atoms with Gasteiger partial charge in [-0.3, -0.25) is 15.0 Å². The maximum atomic E-state index is 10.5. The molecule has 0 aliphatic carbocycles. The molecular weight excluding hydrogens is 526 g/mol. The van der Waals surface area contributed by atoms with Crippen LogP contribution in [-0.4, -0.2) is 84.2 Å². The normalized spacial score (nSPS) is 19.2. The predicted molar refractivity (Wildman–Crippen MR) is 171 cm³/mol. The van der Waals surface area contributed by atoms with E-state index >= 15 is 0 Å². The van der Waals surface area contributed by atoms with Crippen molar-refractivity contribution in [1.29, 1.82) is 0 Å². The summed E-state index contributed by atoms with van der Waals surface area (Å²) >= 11 is 0. The molecule has 2 aliphatic rings. The molecule has 0 amide bonds. The highest BCUT2D eigenvalue weighted by Crippen LogP contribution is 2.33. The van der Waals surface area contributed by atoms with Crippen LogP contribution in [0.25, 0.3) is 21.8 Å². The minimum Gasteiger partial charge on any atom is -0.391 e. The van der Waals surface area contributed by atoms with Gasteiger partial charge in [-0.1, -0.05) is 6.07 Å². The van der Waals surface area contributed by atoms with Crippen LogP contribution >= 0.6 is 0 Å². The first-order valence-electron chi connectivity index (χ1n) is 14.4. The Hall–Kier alpha value is -4.28. The summed E-state index contributed by atoms with van der Waals surface area (Å²) in [5.41, 5.74) is 7.78. The van der Waals surface area contributed by atoms with Gasteiger partial charge in [-0.25, -0.2) is 10.8 Å². The zero-order chi connectivity index (χ0) is 29.7. The molecule has 2 aliphatic heterocycles. The fraction of sp³-hybridized carbons (Fsp3) is 0.375. The number of aliphatic hydroxyl groups is 1. The molecule has 10 heteroatoms. The molecule has 0 radical (unpaired) electrons. The minimum atomic E-state index is -0.521. The summed E-state index contributed by atoms with van der Waals surface area (Å²) in [4.78, 5) is 26.0. The minimum absolute atomic E-state index is 0.425. The number of aromatic nitrogens is 2. The Balaban J connectivity index is 1.51. The van der Waals surface area contributed by atoms with Crippen LogP contribution in [0.3, 0.4) is 0 Å². The third kappa shape index (κ3) is 5.12. The zero-order valence-corrected chi connectivity index (χ0v) is 25.2. The second-order valence-electron chi connectivity index (χ2n) is 11.8. The summed E-state index contributed by atoms with van der Waals surface area (Å²) in [7, 11) is 8.16. The number of hydrazine groups is 1. The van der Waals surface area contributed by atoms with Crippen molar-refractivity contribution in [3.05, 3.63) is 71.0 Å². The second kappa shape index (κ2) is 10.8. The maximum Gasteiger partial charge on any atom is 0.220 e. The highest BCUT2D eigenvalue weighted by molar-refractivity contribution is 6.10. The van der Waals surface area contributed by atoms with Crippen LogP contribution in [0.5, 0.6) is 0 Å². The van der Waals surface area contributed by atoms with Crippen LogP contribution in [0.1, 0.15) is 41.5 Å². The smallest absolute Gasteiger partial charge is 0.220 e. The summed E-state index contributed by atoms with van der Waals surface area (Å²) in [5, 5.41) is 14.2. The van der Waals surface area contributed by atoms with Crippen molar-refractivity contribution >= 4 is 45.0 Å². The number of likely N-dealkylation sites (tertiary alicyclic amines) is 1. The Kier molecular flexibility index (Phi) is 7.20. The van der Waals surface area contributed by atoms with E-state index in [0.717, 1.165) is 75.1 Å². The van der Waals surface area contributed by atoms with Gasteiger partial charge in [-0.2, -0.15) is 4.99 Å². The number of hydrogen-bond donors (Lipinski definition) is 2. The van der Waals surface area contributed by atoms with Crippen molar-refractivity contribution < 1.29 is 5.11 Å². The monoisotopic (exact) mass is 565 g/mol. The van der Waals surface area contributed by atoms with Crippen LogP contribution in [0.4, 0.5) is 11.4 Å². The first-order valence-corrected chi connectivity index (χ1v) is 14.4. The lowest BCUT2D eigenvalue weighted by Crippen LogP contribution is -2.54. The molecule has 2 aromatic heterocycles. The van der Waals surface area contributed by atoms with E-state index in [9.17, 15) is 5.11 Å². The molecule has 1 fully saturated rings. The van der Waals surface area contributed by atoms with Crippen molar-refractivity contribution in [2.75, 3.05) is 51.1 Å². The van der Waals surface area contributed by atoms with Gasteiger partial charge in [0.25, 0.3) is 0 Å². The number of aliphatic imine (C=N–C) groups is 2. The summed E-state index contributed by atoms with van der Waals surface area (Å²) in [6.45, 7) is 5.26. The van der Waals surface area contributed by atoms with Gasteiger partial charge in [0.2, 0.25) is 5.96 Å². The standard InChI is InChI=1S/C32H39N9O/c1-19-14-28(38(3)4)24-16-21(9-11-26(24)34-19)30-36-31(41(33)32(37-30)40-13-7-8-23(42)18-40)22-10-12-27-25(17-22)29(39(5)6)15-20(2)35-27/h9-12,14-17,23,31,42H,7-8,13,18,33H2,1-6H3. The van der Waals surface area contributed by atoms with E-state index < -0.39 is 12.3 Å². The number of aryl methyl sites for hydroxylation is 2. The number of rotatable bonds is 4. The fourth-order valence-corrected chi connectivity index (χ4v) is 5.94. The largest absolute Gasteiger partial charge is 0.391 e. The van der Waals surface area contributed by atoms with Crippen LogP contribution in [0.2, 0.25) is 0 Å². The number of nitrogens with two attached hydrogens (primary N) is 1. The molecule has 10 nitrogen and oxygen atoms in total. The van der Waals surface area contributed by atoms with E-state index in [4.69, 9.17) is 25.8 Å². The zero-order valence-electron chi connectivity index (χ0n) is 25.2. The molecule has 4 aromatic rings. The number of fused-ring (bicyclic) bond motifs is 2. The lowest BCUT2D eigenvalue weighted by atomic mass is 10.0. The molecular formula is C32H39N9O. The van der Waals surface area contributed by atoms with Gasteiger partial charge in [-0.05, 0) is 74.7 Å². The first-order chi connectivity index (χ1) is 20.1. The highest BCUT2D eigenvalue weighted by Gasteiger charge is 2.32. The Bertz CT molecular complexity index is 1730. The fourth-order valence-electron chi connectivity index (χ4n) is 5.94. The Labute approximate surface area is 246 Å². The molecule has 2 unspecified atom stereocenters. The van der Waals surface area contributed by atoms with Crippen LogP contribution in [-0.2, 0) is 0 Å². The average Bonchev–Trinajstić information content (AvgIpc) is 2.96. The number of hydrogen-bond acceptors (Lipinski definition) is 10. The molecule has 6 rings (SSSR count). The van der Waals surface area contributed by atoms with Gasteiger partial charge in [0.15, 0.2) is 12.0 Å². The van der Waals surface area contributed by atoms with E-state index in [-0.39, 0.29) is 0 Å². The molecule has 1 saturated heterocycles. The number of guanidine groups is 1. The molecule has 42 heavy (non-hydrogen) atoms. The van der Waals surface area contributed by atoms with Gasteiger partial charge in [0.1, 0.15) is 0 Å². The topological polar surface area (TPSA) is 110 Å². The number of anilines is 2. The molecule has 0 saturated carbocycles.